The summed E-state index contributed by atoms with van der Waals surface area (Å²) >= 11 is 0. The lowest BCUT2D eigenvalue weighted by atomic mass is 10.0. The molecular formula is C21H21FN6O2. The molecule has 0 saturated carbocycles. The first-order valence-corrected chi connectivity index (χ1v) is 9.15. The van der Waals surface area contributed by atoms with Crippen molar-refractivity contribution in [3.05, 3.63) is 70.9 Å². The number of ether oxygens (including phenoxy) is 1. The number of hydrogen-bond acceptors (Lipinski definition) is 6. The number of pyridine rings is 1. The number of carbonyl (C=O) groups is 1. The van der Waals surface area contributed by atoms with E-state index in [-0.39, 0.29) is 18.3 Å². The Morgan fingerprint density at radius 2 is 2.17 bits per heavy atom. The van der Waals surface area contributed by atoms with Gasteiger partial charge in [0.2, 0.25) is 0 Å². The average molecular weight is 408 g/mol. The van der Waals surface area contributed by atoms with Crippen LogP contribution in [0.15, 0.2) is 42.6 Å². The molecule has 0 radical (unpaired) electrons. The summed E-state index contributed by atoms with van der Waals surface area (Å²) in [6.07, 6.45) is 0.883. The Kier molecular flexibility index (Phi) is 5.97. The predicted octanol–water partition coefficient (Wildman–Crippen LogP) is 2.82. The molecule has 0 bridgehead atoms. The van der Waals surface area contributed by atoms with Crippen molar-refractivity contribution in [3.63, 3.8) is 0 Å². The van der Waals surface area contributed by atoms with Gasteiger partial charge in [0, 0.05) is 31.4 Å². The highest BCUT2D eigenvalue weighted by Gasteiger charge is 2.22. The van der Waals surface area contributed by atoms with Crippen molar-refractivity contribution in [2.45, 2.75) is 19.6 Å². The molecule has 2 N–H and O–H groups in total. The van der Waals surface area contributed by atoms with Crippen LogP contribution in [0.2, 0.25) is 0 Å². The van der Waals surface area contributed by atoms with E-state index in [2.05, 4.69) is 10.1 Å². The van der Waals surface area contributed by atoms with Crippen molar-refractivity contribution in [1.82, 2.24) is 19.7 Å². The van der Waals surface area contributed by atoms with Crippen LogP contribution in [0.4, 0.5) is 10.2 Å². The molecule has 0 aliphatic rings. The van der Waals surface area contributed by atoms with Gasteiger partial charge in [0.05, 0.1) is 12.2 Å². The summed E-state index contributed by atoms with van der Waals surface area (Å²) in [6, 6.07) is 10.9. The Balaban J connectivity index is 1.85. The largest absolute Gasteiger partial charge is 0.482 e. The topological polar surface area (TPSA) is 110 Å². The van der Waals surface area contributed by atoms with E-state index in [4.69, 9.17) is 15.7 Å². The third-order valence-electron chi connectivity index (χ3n) is 4.58. The third kappa shape index (κ3) is 4.38. The fourth-order valence-electron chi connectivity index (χ4n) is 3.05. The summed E-state index contributed by atoms with van der Waals surface area (Å²) in [5, 5.41) is 13.3. The van der Waals surface area contributed by atoms with Crippen LogP contribution >= 0.6 is 0 Å². The van der Waals surface area contributed by atoms with Gasteiger partial charge in [-0.3, -0.25) is 9.48 Å². The Morgan fingerprint density at radius 1 is 1.40 bits per heavy atom. The molecule has 9 heteroatoms. The fourth-order valence-corrected chi connectivity index (χ4v) is 3.05. The van der Waals surface area contributed by atoms with Crippen molar-refractivity contribution in [1.29, 1.82) is 5.26 Å². The number of nitrogen functional groups attached to an aromatic ring is 1. The molecule has 3 aromatic rings. The van der Waals surface area contributed by atoms with E-state index in [0.717, 1.165) is 0 Å². The van der Waals surface area contributed by atoms with Gasteiger partial charge in [0.15, 0.2) is 11.6 Å². The minimum atomic E-state index is -0.653. The molecular weight excluding hydrogens is 387 g/mol. The van der Waals surface area contributed by atoms with E-state index in [9.17, 15) is 9.18 Å². The van der Waals surface area contributed by atoms with Crippen LogP contribution in [0.25, 0.3) is 0 Å². The molecule has 30 heavy (non-hydrogen) atoms. The quantitative estimate of drug-likeness (QED) is 0.672. The van der Waals surface area contributed by atoms with Crippen LogP contribution in [0, 0.1) is 17.1 Å². The third-order valence-corrected chi connectivity index (χ3v) is 4.58. The second kappa shape index (κ2) is 8.61. The van der Waals surface area contributed by atoms with E-state index in [0.29, 0.717) is 28.3 Å². The fraction of sp³-hybridized carbons (Fsp3) is 0.238. The Labute approximate surface area is 173 Å². The molecule has 1 amide bonds. The maximum Gasteiger partial charge on any atom is 0.254 e. The van der Waals surface area contributed by atoms with E-state index in [1.807, 2.05) is 6.07 Å². The number of aromatic nitrogens is 3. The zero-order chi connectivity index (χ0) is 21.8. The highest BCUT2D eigenvalue weighted by Crippen LogP contribution is 2.28. The Morgan fingerprint density at radius 3 is 2.83 bits per heavy atom. The molecule has 1 atom stereocenters. The molecule has 1 aromatic carbocycles. The van der Waals surface area contributed by atoms with Crippen molar-refractivity contribution in [3.8, 4) is 11.8 Å². The molecule has 0 spiro atoms. The lowest BCUT2D eigenvalue weighted by Gasteiger charge is -2.22. The van der Waals surface area contributed by atoms with Crippen molar-refractivity contribution >= 4 is 11.7 Å². The summed E-state index contributed by atoms with van der Waals surface area (Å²) in [7, 11) is 3.27. The number of amides is 1. The number of benzene rings is 1. The van der Waals surface area contributed by atoms with E-state index < -0.39 is 11.9 Å². The number of aryl methyl sites for hydroxylation is 1. The van der Waals surface area contributed by atoms with Gasteiger partial charge in [0.25, 0.3) is 5.91 Å². The number of anilines is 1. The zero-order valence-corrected chi connectivity index (χ0v) is 16.8. The highest BCUT2D eigenvalue weighted by molar-refractivity contribution is 5.95. The summed E-state index contributed by atoms with van der Waals surface area (Å²) < 4.78 is 21.2. The van der Waals surface area contributed by atoms with E-state index in [1.54, 1.807) is 39.2 Å². The maximum absolute atomic E-state index is 14.0. The monoisotopic (exact) mass is 408 g/mol. The summed E-state index contributed by atoms with van der Waals surface area (Å²) in [6.45, 7) is 1.89. The lowest BCUT2D eigenvalue weighted by molar-refractivity contribution is 0.0778. The Bertz CT molecular complexity index is 1120. The molecule has 0 aliphatic heterocycles. The zero-order valence-electron chi connectivity index (χ0n) is 16.8. The first-order chi connectivity index (χ1) is 14.3. The van der Waals surface area contributed by atoms with Crippen molar-refractivity contribution in [2.75, 3.05) is 12.8 Å². The average Bonchev–Trinajstić information content (AvgIpc) is 3.08. The molecule has 0 saturated heterocycles. The minimum Gasteiger partial charge on any atom is -0.482 e. The number of nitrogens with two attached hydrogens (primary N) is 1. The molecule has 2 aromatic heterocycles. The summed E-state index contributed by atoms with van der Waals surface area (Å²) in [4.78, 5) is 18.5. The number of halogens is 1. The number of carbonyl (C=O) groups excluding carboxylic acids is 1. The molecule has 0 aliphatic carbocycles. The van der Waals surface area contributed by atoms with Crippen LogP contribution in [0.5, 0.6) is 5.75 Å². The van der Waals surface area contributed by atoms with Crippen LogP contribution in [-0.2, 0) is 13.6 Å². The first-order valence-electron chi connectivity index (χ1n) is 9.15. The van der Waals surface area contributed by atoms with E-state index >= 15 is 0 Å². The van der Waals surface area contributed by atoms with Gasteiger partial charge in [0.1, 0.15) is 23.7 Å². The standard InChI is InChI=1S/C21H21FN6O2/c1-13(30-19-5-4-8-25-20(19)24)18-9-14(22)6-7-17(18)21(29)27(2)12-15-10-16(11-23)28(3)26-15/h4-10,13H,12H2,1-3H3,(H2,24,25)/t13-/m1/s1. The molecule has 0 unspecified atom stereocenters. The van der Waals surface area contributed by atoms with Gasteiger partial charge < -0.3 is 15.4 Å². The van der Waals surface area contributed by atoms with Gasteiger partial charge >= 0.3 is 0 Å². The Hall–Kier alpha value is -3.93. The second-order valence-corrected chi connectivity index (χ2v) is 6.80. The van der Waals surface area contributed by atoms with Gasteiger partial charge in [-0.1, -0.05) is 0 Å². The second-order valence-electron chi connectivity index (χ2n) is 6.80. The van der Waals surface area contributed by atoms with E-state index in [1.165, 1.54) is 34.0 Å². The van der Waals surface area contributed by atoms with Gasteiger partial charge in [-0.05, 0) is 43.3 Å². The van der Waals surface area contributed by atoms with Gasteiger partial charge in [-0.15, -0.1) is 0 Å². The highest BCUT2D eigenvalue weighted by atomic mass is 19.1. The van der Waals surface area contributed by atoms with Crippen molar-refractivity contribution in [2.24, 2.45) is 7.05 Å². The van der Waals surface area contributed by atoms with Crippen LogP contribution in [0.1, 0.15) is 40.3 Å². The number of rotatable bonds is 6. The van der Waals surface area contributed by atoms with Gasteiger partial charge in [-0.2, -0.15) is 10.4 Å². The molecule has 8 nitrogen and oxygen atoms in total. The van der Waals surface area contributed by atoms with Gasteiger partial charge in [-0.25, -0.2) is 9.37 Å². The minimum absolute atomic E-state index is 0.190. The molecule has 2 heterocycles. The number of hydrogen-bond donors (Lipinski definition) is 1. The summed E-state index contributed by atoms with van der Waals surface area (Å²) in [5.41, 5.74) is 7.46. The van der Waals surface area contributed by atoms with Crippen LogP contribution in [-0.4, -0.2) is 32.6 Å². The normalized spacial score (nSPS) is 11.6. The van der Waals surface area contributed by atoms with Crippen molar-refractivity contribution < 1.29 is 13.9 Å². The molecule has 0 fully saturated rings. The molecule has 154 valence electrons. The lowest BCUT2D eigenvalue weighted by Crippen LogP contribution is -2.28. The summed E-state index contributed by atoms with van der Waals surface area (Å²) in [5.74, 6) is -0.265. The maximum atomic E-state index is 14.0. The number of nitriles is 1. The van der Waals surface area contributed by atoms with Crippen LogP contribution < -0.4 is 10.5 Å². The SMILES string of the molecule is C[C@@H](Oc1cccnc1N)c1cc(F)ccc1C(=O)N(C)Cc1cc(C#N)n(C)n1. The molecule has 3 rings (SSSR count). The predicted molar refractivity (Wildman–Crippen MR) is 108 cm³/mol. The van der Waals surface area contributed by atoms with Crippen LogP contribution in [0.3, 0.4) is 0 Å². The smallest absolute Gasteiger partial charge is 0.254 e. The number of nitrogens with zero attached hydrogens (tertiary/aromatic N) is 5. The first kappa shape index (κ1) is 20.8.